The van der Waals surface area contributed by atoms with Crippen molar-refractivity contribution >= 4 is 129 Å². The van der Waals surface area contributed by atoms with Crippen molar-refractivity contribution in [1.82, 2.24) is 68.3 Å². The molecule has 4 fully saturated rings. The van der Waals surface area contributed by atoms with Crippen molar-refractivity contribution in [3.63, 3.8) is 0 Å². The molecular formula is C70H96N16O16S4. The molecule has 0 saturated carbocycles. The summed E-state index contributed by atoms with van der Waals surface area (Å²) >= 11 is 5.07. The van der Waals surface area contributed by atoms with Crippen LogP contribution >= 0.6 is 46.2 Å². The zero-order valence-corrected chi connectivity index (χ0v) is 63.8. The number of carbonyl (C=O) groups excluding carboxylic acids is 14. The van der Waals surface area contributed by atoms with Gasteiger partial charge in [0, 0.05) is 60.3 Å². The van der Waals surface area contributed by atoms with Crippen LogP contribution < -0.4 is 75.7 Å². The topological polar surface area (TPSA) is 496 Å². The number of nitrogens with two attached hydrogens (primary N) is 3. The lowest BCUT2D eigenvalue weighted by Gasteiger charge is -2.35. The van der Waals surface area contributed by atoms with Crippen molar-refractivity contribution in [2.45, 2.75) is 154 Å². The summed E-state index contributed by atoms with van der Waals surface area (Å²) in [6, 6.07) is 4.40. The quantitative estimate of drug-likeness (QED) is 0.0857. The lowest BCUT2D eigenvalue weighted by molar-refractivity contribution is -0.144. The minimum absolute atomic E-state index is 0.0345. The summed E-state index contributed by atoms with van der Waals surface area (Å²) in [5, 5.41) is 54.0. The SMILES string of the molecule is CNC[C@H]1NC(=O)CNC(=O)[C@@H](c2ccc(-c3sccc3C)cc2)NC(=O)[C@@H]2C[C@@H](O)CN2C(=O)[C@H](C(C)(C)C)NC(=O)CSC[C@H](C(N)=O)NC1=O.Cc1ccsc1-c1ccc([C@H]2NC(=O)[C@@H]3C[C@@H](O)CN3C(=O)[C@H](C(C)(C)C)NC(=O)CSC[C@H](C(N)=O)NC(=O)[C@@H](CN)NC(=O)[C@@H](C)NC2=O)cc1. The Balaban J connectivity index is 0.000000296. The highest BCUT2D eigenvalue weighted by Gasteiger charge is 2.48. The molecule has 4 aliphatic rings. The van der Waals surface area contributed by atoms with E-state index in [1.165, 1.54) is 16.7 Å². The van der Waals surface area contributed by atoms with Gasteiger partial charge in [-0.15, -0.1) is 46.2 Å². The standard InChI is InChI=1S/2C35H48N8O8S2/c1-18-10-11-53-28(18)20-8-6-19(7-9-20)27-33(50)38-14-25(45)39-22(13-37-5)31(48)40-23(30(36)47)16-52-17-26(46)41-29(35(2,3)4)34(51)43-15-21(44)12-24(43)32(49)42-27;1-17-10-11-53-27(17)20-8-6-19(7-9-20)26-33(50)38-18(2)30(47)39-22(13-36)31(48)40-23(29(37)46)15-52-16-25(45)41-28(35(3,4)5)34(51)43-14-21(44)12-24(43)32(49)42-26/h6-11,21-24,27,29,37,44H,12-17H2,1-5H3,(H2,36,47)(H,38,50)(H,39,45)(H,40,48)(H,41,46)(H,42,49);6-11,18,21-24,26,28,44H,12-16,36H2,1-5H3,(H2,37,46)(H,38,50)(H,39,47)(H,40,48)(H,41,45)(H,42,49)/t21-,22-,23-,24+,27-,29-;18-,21-,22-,23-,24+,26-,28-/m11/s1. The highest BCUT2D eigenvalue weighted by atomic mass is 32.2. The molecule has 0 bridgehead atoms. The highest BCUT2D eigenvalue weighted by Crippen LogP contribution is 2.34. The lowest BCUT2D eigenvalue weighted by Crippen LogP contribution is -2.59. The van der Waals surface area contributed by atoms with Crippen molar-refractivity contribution in [2.24, 2.45) is 28.0 Å². The number of thioether (sulfide) groups is 2. The van der Waals surface area contributed by atoms with Crippen molar-refractivity contribution in [2.75, 3.05) is 62.8 Å². The molecule has 32 nitrogen and oxygen atoms in total. The zero-order valence-electron chi connectivity index (χ0n) is 60.6. The molecule has 2 aromatic carbocycles. The average molecular weight is 1550 g/mol. The lowest BCUT2D eigenvalue weighted by atomic mass is 9.85. The molecule has 0 unspecified atom stereocenters. The van der Waals surface area contributed by atoms with Gasteiger partial charge in [-0.05, 0) is 94.9 Å². The largest absolute Gasteiger partial charge is 0.391 e. The fraction of sp³-hybridized carbons (Fsp3) is 0.514. The van der Waals surface area contributed by atoms with Gasteiger partial charge in [0.2, 0.25) is 82.7 Å². The van der Waals surface area contributed by atoms with E-state index in [0.717, 1.165) is 55.5 Å². The summed E-state index contributed by atoms with van der Waals surface area (Å²) in [4.78, 5) is 192. The molecule has 4 saturated heterocycles. The van der Waals surface area contributed by atoms with Crippen LogP contribution in [0.5, 0.6) is 0 Å². The number of carbonyl (C=O) groups is 14. The van der Waals surface area contributed by atoms with E-state index < -0.39 is 179 Å². The number of thiophene rings is 2. The Morgan fingerprint density at radius 2 is 0.934 bits per heavy atom. The van der Waals surface area contributed by atoms with Gasteiger partial charge >= 0.3 is 0 Å². The summed E-state index contributed by atoms with van der Waals surface area (Å²) in [6.45, 7) is 14.4. The fourth-order valence-electron chi connectivity index (χ4n) is 12.0. The molecule has 0 aliphatic carbocycles. The molecular weight excluding hydrogens is 1450 g/mol. The van der Waals surface area contributed by atoms with Crippen LogP contribution in [0.4, 0.5) is 0 Å². The number of aliphatic hydroxyl groups is 2. The van der Waals surface area contributed by atoms with Crippen LogP contribution in [0.15, 0.2) is 71.4 Å². The maximum atomic E-state index is 14.1. The number of aliphatic hydroxyl groups excluding tert-OH is 2. The second-order valence-electron chi connectivity index (χ2n) is 28.4. The normalized spacial score (nSPS) is 26.7. The van der Waals surface area contributed by atoms with Gasteiger partial charge in [0.25, 0.3) is 0 Å². The van der Waals surface area contributed by atoms with Gasteiger partial charge in [-0.3, -0.25) is 67.1 Å². The number of nitrogens with one attached hydrogen (secondary N) is 11. The first-order chi connectivity index (χ1) is 49.9. The Bertz CT molecular complexity index is 3900. The number of amides is 14. The van der Waals surface area contributed by atoms with Crippen LogP contribution in [0.1, 0.15) is 95.6 Å². The Kier molecular flexibility index (Phi) is 29.8. The van der Waals surface area contributed by atoms with E-state index in [1.807, 2.05) is 48.9 Å². The maximum Gasteiger partial charge on any atom is 0.247 e. The fourth-order valence-corrected chi connectivity index (χ4v) is 15.6. The predicted molar refractivity (Wildman–Crippen MR) is 400 cm³/mol. The van der Waals surface area contributed by atoms with E-state index in [9.17, 15) is 77.3 Å². The monoisotopic (exact) mass is 1540 g/mol. The van der Waals surface area contributed by atoms with E-state index in [-0.39, 0.29) is 62.0 Å². The molecule has 4 aliphatic heterocycles. The first-order valence-electron chi connectivity index (χ1n) is 34.2. The first-order valence-corrected chi connectivity index (χ1v) is 38.3. The number of likely N-dealkylation sites (N-methyl/N-ethyl adjacent to an activating group) is 1. The van der Waals surface area contributed by atoms with Gasteiger partial charge < -0.3 is 95.7 Å². The molecule has 576 valence electrons. The molecule has 4 aromatic rings. The minimum atomic E-state index is -1.36. The van der Waals surface area contributed by atoms with E-state index in [1.54, 1.807) is 108 Å². The van der Waals surface area contributed by atoms with Crippen LogP contribution in [0.2, 0.25) is 0 Å². The maximum absolute atomic E-state index is 14.1. The third-order valence-electron chi connectivity index (χ3n) is 17.9. The molecule has 14 amide bonds. The first kappa shape index (κ1) is 84.2. The smallest absolute Gasteiger partial charge is 0.247 e. The highest BCUT2D eigenvalue weighted by molar-refractivity contribution is 8.00. The number of aryl methyl sites for hydroxylation is 2. The summed E-state index contributed by atoms with van der Waals surface area (Å²) in [6.07, 6.45) is -2.36. The molecule has 36 heteroatoms. The van der Waals surface area contributed by atoms with Gasteiger partial charge in [-0.2, -0.15) is 0 Å². The van der Waals surface area contributed by atoms with Crippen molar-refractivity contribution in [1.29, 1.82) is 0 Å². The number of benzene rings is 2. The predicted octanol–water partition coefficient (Wildman–Crippen LogP) is -2.05. The molecule has 0 radical (unpaired) electrons. The molecule has 8 rings (SSSR count). The van der Waals surface area contributed by atoms with Crippen molar-refractivity contribution < 1.29 is 77.3 Å². The third-order valence-corrected chi connectivity index (χ3v) is 22.1. The van der Waals surface area contributed by atoms with Gasteiger partial charge in [-0.25, -0.2) is 0 Å². The number of hydrogen-bond acceptors (Lipinski definition) is 22. The van der Waals surface area contributed by atoms with Crippen molar-refractivity contribution in [3.8, 4) is 20.9 Å². The summed E-state index contributed by atoms with van der Waals surface area (Å²) in [5.74, 6) is -10.8. The van der Waals surface area contributed by atoms with E-state index in [2.05, 4.69) is 58.5 Å². The van der Waals surface area contributed by atoms with Gasteiger partial charge in [-0.1, -0.05) is 90.1 Å². The van der Waals surface area contributed by atoms with E-state index >= 15 is 0 Å². The molecule has 106 heavy (non-hydrogen) atoms. The number of rotatable bonds is 9. The number of primary amides is 2. The Morgan fingerprint density at radius 3 is 1.31 bits per heavy atom. The van der Waals surface area contributed by atoms with Crippen LogP contribution in [-0.4, -0.2) is 232 Å². The Labute approximate surface area is 630 Å². The molecule has 6 heterocycles. The van der Waals surface area contributed by atoms with Crippen LogP contribution in [0.3, 0.4) is 0 Å². The number of nitrogens with zero attached hydrogens (tertiary/aromatic N) is 2. The second-order valence-corrected chi connectivity index (χ2v) is 32.3. The van der Waals surface area contributed by atoms with Crippen molar-refractivity contribution in [3.05, 3.63) is 93.7 Å². The summed E-state index contributed by atoms with van der Waals surface area (Å²) in [5.41, 5.74) is 19.8. The van der Waals surface area contributed by atoms with Crippen LogP contribution in [-0.2, 0) is 67.1 Å². The number of fused-ring (bicyclic) bond motifs is 2. The Hall–Kier alpha value is -9.04. The second kappa shape index (κ2) is 37.5. The van der Waals surface area contributed by atoms with E-state index in [4.69, 9.17) is 17.2 Å². The van der Waals surface area contributed by atoms with Crippen LogP contribution in [0, 0.1) is 24.7 Å². The van der Waals surface area contributed by atoms with Gasteiger partial charge in [0.15, 0.2) is 0 Å². The third kappa shape index (κ3) is 22.5. The summed E-state index contributed by atoms with van der Waals surface area (Å²) in [7, 11) is 1.55. The van der Waals surface area contributed by atoms with Gasteiger partial charge in [0.1, 0.15) is 66.5 Å². The molecule has 2 aromatic heterocycles. The Morgan fingerprint density at radius 1 is 0.519 bits per heavy atom. The molecule has 0 spiro atoms. The number of hydrogen-bond donors (Lipinski definition) is 16. The average Bonchev–Trinajstić information content (AvgIpc) is 1.57. The molecule has 19 N–H and O–H groups in total. The van der Waals surface area contributed by atoms with Gasteiger partial charge in [0.05, 0.1) is 30.3 Å². The minimum Gasteiger partial charge on any atom is -0.391 e. The van der Waals surface area contributed by atoms with Crippen LogP contribution in [0.25, 0.3) is 20.9 Å². The summed E-state index contributed by atoms with van der Waals surface area (Å²) < 4.78 is 0. The zero-order chi connectivity index (χ0) is 78.2. The van der Waals surface area contributed by atoms with E-state index in [0.29, 0.717) is 11.1 Å². The molecule has 13 atom stereocenters.